The summed E-state index contributed by atoms with van der Waals surface area (Å²) in [5.74, 6) is 0.693. The third-order valence-electron chi connectivity index (χ3n) is 2.11. The summed E-state index contributed by atoms with van der Waals surface area (Å²) in [6, 6.07) is 7.15. The number of carbonyl (C=O) groups is 1. The highest BCUT2D eigenvalue weighted by Crippen LogP contribution is 2.11. The first-order valence-corrected chi connectivity index (χ1v) is 5.38. The zero-order valence-electron chi connectivity index (χ0n) is 9.69. The lowest BCUT2D eigenvalue weighted by Gasteiger charge is -2.08. The van der Waals surface area contributed by atoms with Crippen LogP contribution in [-0.2, 0) is 11.3 Å². The molecule has 4 heteroatoms. The van der Waals surface area contributed by atoms with E-state index in [4.69, 9.17) is 10.5 Å². The first-order chi connectivity index (χ1) is 7.63. The fourth-order valence-electron chi connectivity index (χ4n) is 1.22. The smallest absolute Gasteiger partial charge is 0.236 e. The summed E-state index contributed by atoms with van der Waals surface area (Å²) >= 11 is 0. The van der Waals surface area contributed by atoms with E-state index in [0.29, 0.717) is 13.2 Å². The summed E-state index contributed by atoms with van der Waals surface area (Å²) < 4.78 is 5.32. The molecule has 1 aromatic carbocycles. The van der Waals surface area contributed by atoms with Gasteiger partial charge in [0.05, 0.1) is 12.6 Å². The molecule has 0 bridgehead atoms. The molecule has 3 N–H and O–H groups in total. The van der Waals surface area contributed by atoms with Gasteiger partial charge in [-0.1, -0.05) is 12.1 Å². The average Bonchev–Trinajstić information content (AvgIpc) is 2.28. The molecule has 88 valence electrons. The normalized spacial score (nSPS) is 11.9. The van der Waals surface area contributed by atoms with Crippen LogP contribution in [0.2, 0.25) is 0 Å². The Balaban J connectivity index is 2.46. The Kier molecular flexibility index (Phi) is 4.79. The highest BCUT2D eigenvalue weighted by atomic mass is 16.5. The number of hydrogen-bond donors (Lipinski definition) is 2. The van der Waals surface area contributed by atoms with Gasteiger partial charge in [0.1, 0.15) is 5.75 Å². The third-order valence-corrected chi connectivity index (χ3v) is 2.11. The van der Waals surface area contributed by atoms with Crippen molar-refractivity contribution in [2.75, 3.05) is 6.61 Å². The molecule has 0 heterocycles. The van der Waals surface area contributed by atoms with Gasteiger partial charge in [0.2, 0.25) is 5.91 Å². The van der Waals surface area contributed by atoms with Gasteiger partial charge in [0.15, 0.2) is 0 Å². The van der Waals surface area contributed by atoms with Crippen LogP contribution in [0.3, 0.4) is 0 Å². The highest BCUT2D eigenvalue weighted by Gasteiger charge is 2.05. The second-order valence-corrected chi connectivity index (χ2v) is 3.58. The number of amides is 1. The molecule has 0 saturated heterocycles. The molecule has 1 aromatic rings. The van der Waals surface area contributed by atoms with Crippen LogP contribution in [0.25, 0.3) is 0 Å². The summed E-state index contributed by atoms with van der Waals surface area (Å²) in [4.78, 5) is 11.2. The molecule has 0 aliphatic rings. The van der Waals surface area contributed by atoms with Crippen LogP contribution in [0.5, 0.6) is 5.75 Å². The van der Waals surface area contributed by atoms with Crippen LogP contribution in [0, 0.1) is 0 Å². The van der Waals surface area contributed by atoms with E-state index in [1.807, 2.05) is 31.2 Å². The molecule has 16 heavy (non-hydrogen) atoms. The lowest BCUT2D eigenvalue weighted by molar-refractivity contribution is -0.122. The molecule has 0 aliphatic carbocycles. The molecule has 0 radical (unpaired) electrons. The second kappa shape index (κ2) is 6.12. The van der Waals surface area contributed by atoms with Crippen LogP contribution >= 0.6 is 0 Å². The van der Waals surface area contributed by atoms with Gasteiger partial charge in [-0.3, -0.25) is 4.79 Å². The SMILES string of the molecule is CCOc1ccc(CNC(=O)C(C)N)cc1. The van der Waals surface area contributed by atoms with Crippen molar-refractivity contribution in [3.05, 3.63) is 29.8 Å². The number of nitrogens with two attached hydrogens (primary N) is 1. The number of hydrogen-bond acceptors (Lipinski definition) is 3. The van der Waals surface area contributed by atoms with Crippen molar-refractivity contribution in [2.24, 2.45) is 5.73 Å². The average molecular weight is 222 g/mol. The summed E-state index contributed by atoms with van der Waals surface area (Å²) in [7, 11) is 0. The molecule has 0 spiro atoms. The third kappa shape index (κ3) is 3.90. The Morgan fingerprint density at radius 2 is 2.06 bits per heavy atom. The van der Waals surface area contributed by atoms with E-state index < -0.39 is 6.04 Å². The summed E-state index contributed by atoms with van der Waals surface area (Å²) in [6.45, 7) is 4.75. The molecule has 1 unspecified atom stereocenters. The molecule has 0 saturated carbocycles. The lowest BCUT2D eigenvalue weighted by Crippen LogP contribution is -2.37. The van der Waals surface area contributed by atoms with Crippen LogP contribution in [0.15, 0.2) is 24.3 Å². The minimum Gasteiger partial charge on any atom is -0.494 e. The Morgan fingerprint density at radius 1 is 1.44 bits per heavy atom. The maximum atomic E-state index is 11.2. The quantitative estimate of drug-likeness (QED) is 0.782. The molecule has 0 aromatic heterocycles. The molecule has 4 nitrogen and oxygen atoms in total. The predicted molar refractivity (Wildman–Crippen MR) is 63.1 cm³/mol. The van der Waals surface area contributed by atoms with E-state index in [9.17, 15) is 4.79 Å². The summed E-state index contributed by atoms with van der Waals surface area (Å²) in [6.07, 6.45) is 0. The van der Waals surface area contributed by atoms with E-state index in [0.717, 1.165) is 11.3 Å². The van der Waals surface area contributed by atoms with Gasteiger partial charge in [-0.25, -0.2) is 0 Å². The Morgan fingerprint density at radius 3 is 2.56 bits per heavy atom. The van der Waals surface area contributed by atoms with Crippen LogP contribution < -0.4 is 15.8 Å². The molecular weight excluding hydrogens is 204 g/mol. The number of nitrogens with one attached hydrogen (secondary N) is 1. The van der Waals surface area contributed by atoms with E-state index in [1.165, 1.54) is 0 Å². The van der Waals surface area contributed by atoms with E-state index >= 15 is 0 Å². The summed E-state index contributed by atoms with van der Waals surface area (Å²) in [5.41, 5.74) is 6.46. The van der Waals surface area contributed by atoms with Crippen molar-refractivity contribution in [1.29, 1.82) is 0 Å². The van der Waals surface area contributed by atoms with Crippen molar-refractivity contribution in [3.63, 3.8) is 0 Å². The largest absolute Gasteiger partial charge is 0.494 e. The minimum absolute atomic E-state index is 0.145. The molecular formula is C12H18N2O2. The number of carbonyl (C=O) groups excluding carboxylic acids is 1. The van der Waals surface area contributed by atoms with Crippen molar-refractivity contribution >= 4 is 5.91 Å². The Labute approximate surface area is 95.8 Å². The van der Waals surface area contributed by atoms with Gasteiger partial charge >= 0.3 is 0 Å². The highest BCUT2D eigenvalue weighted by molar-refractivity contribution is 5.80. The van der Waals surface area contributed by atoms with Gasteiger partial charge in [-0.2, -0.15) is 0 Å². The van der Waals surface area contributed by atoms with Gasteiger partial charge in [-0.15, -0.1) is 0 Å². The monoisotopic (exact) mass is 222 g/mol. The zero-order valence-corrected chi connectivity index (χ0v) is 9.69. The maximum absolute atomic E-state index is 11.2. The zero-order chi connectivity index (χ0) is 12.0. The van der Waals surface area contributed by atoms with Crippen molar-refractivity contribution in [2.45, 2.75) is 26.4 Å². The van der Waals surface area contributed by atoms with Crippen molar-refractivity contribution in [1.82, 2.24) is 5.32 Å². The number of ether oxygens (including phenoxy) is 1. The van der Waals surface area contributed by atoms with Gasteiger partial charge in [0.25, 0.3) is 0 Å². The van der Waals surface area contributed by atoms with E-state index in [-0.39, 0.29) is 5.91 Å². The van der Waals surface area contributed by atoms with Crippen LogP contribution in [0.1, 0.15) is 19.4 Å². The molecule has 1 amide bonds. The van der Waals surface area contributed by atoms with Crippen molar-refractivity contribution in [3.8, 4) is 5.75 Å². The first kappa shape index (κ1) is 12.5. The van der Waals surface area contributed by atoms with Crippen LogP contribution in [-0.4, -0.2) is 18.6 Å². The van der Waals surface area contributed by atoms with Gasteiger partial charge in [-0.05, 0) is 31.5 Å². The molecule has 0 fully saturated rings. The van der Waals surface area contributed by atoms with E-state index in [2.05, 4.69) is 5.32 Å². The van der Waals surface area contributed by atoms with Gasteiger partial charge < -0.3 is 15.8 Å². The molecule has 1 atom stereocenters. The number of rotatable bonds is 5. The van der Waals surface area contributed by atoms with Crippen molar-refractivity contribution < 1.29 is 9.53 Å². The van der Waals surface area contributed by atoms with Crippen LogP contribution in [0.4, 0.5) is 0 Å². The fraction of sp³-hybridized carbons (Fsp3) is 0.417. The Bertz CT molecular complexity index is 333. The van der Waals surface area contributed by atoms with Gasteiger partial charge in [0, 0.05) is 6.54 Å². The molecule has 1 rings (SSSR count). The predicted octanol–water partition coefficient (Wildman–Crippen LogP) is 1.05. The minimum atomic E-state index is -0.470. The van der Waals surface area contributed by atoms with E-state index in [1.54, 1.807) is 6.92 Å². The second-order valence-electron chi connectivity index (χ2n) is 3.58. The lowest BCUT2D eigenvalue weighted by atomic mass is 10.2. The Hall–Kier alpha value is -1.55. The fourth-order valence-corrected chi connectivity index (χ4v) is 1.22. The number of benzene rings is 1. The standard InChI is InChI=1S/C12H18N2O2/c1-3-16-11-6-4-10(5-7-11)8-14-12(15)9(2)13/h4-7,9H,3,8,13H2,1-2H3,(H,14,15). The molecule has 0 aliphatic heterocycles. The first-order valence-electron chi connectivity index (χ1n) is 5.38. The summed E-state index contributed by atoms with van der Waals surface area (Å²) in [5, 5.41) is 2.75. The maximum Gasteiger partial charge on any atom is 0.236 e. The topological polar surface area (TPSA) is 64.3 Å².